The Hall–Kier alpha value is -5.93. The second-order valence-electron chi connectivity index (χ2n) is 15.3. The van der Waals surface area contributed by atoms with Crippen LogP contribution in [0.15, 0.2) is 77.9 Å². The number of hydrogen-bond acceptors (Lipinski definition) is 16. The average Bonchev–Trinajstić information content (AvgIpc) is 3.62. The minimum Gasteiger partial charge on any atom is -0.465 e. The normalized spacial score (nSPS) is 14.6. The number of fused-ring (bicyclic) bond motifs is 1. The molecule has 0 saturated carbocycles. The van der Waals surface area contributed by atoms with Crippen molar-refractivity contribution in [1.82, 2.24) is 9.80 Å². The number of amides is 2. The maximum Gasteiger partial charge on any atom is 0.337 e. The van der Waals surface area contributed by atoms with Crippen LogP contribution in [0.5, 0.6) is 0 Å². The molecule has 0 aromatic heterocycles. The van der Waals surface area contributed by atoms with E-state index in [1.165, 1.54) is 12.0 Å². The fourth-order valence-corrected chi connectivity index (χ4v) is 6.90. The minimum absolute atomic E-state index is 0.00651. The zero-order chi connectivity index (χ0) is 47.6. The number of carbonyl (C=O) groups excluding carboxylic acids is 4. The molecule has 0 bridgehead atoms. The highest BCUT2D eigenvalue weighted by Crippen LogP contribution is 2.42. The molecule has 3 aromatic rings. The van der Waals surface area contributed by atoms with Crippen molar-refractivity contribution in [3.8, 4) is 0 Å². The predicted molar refractivity (Wildman–Crippen MR) is 250 cm³/mol. The number of hydrogen-bond donors (Lipinski definition) is 1. The molecule has 0 aliphatic carbocycles. The molecule has 1 saturated heterocycles. The summed E-state index contributed by atoms with van der Waals surface area (Å²) in [5, 5.41) is 6.83. The van der Waals surface area contributed by atoms with Crippen LogP contribution in [0, 0.1) is 0 Å². The number of anilines is 3. The van der Waals surface area contributed by atoms with Crippen molar-refractivity contribution in [2.45, 2.75) is 6.42 Å². The van der Waals surface area contributed by atoms with Crippen LogP contribution in [0.3, 0.4) is 0 Å². The first-order chi connectivity index (χ1) is 32.7. The number of esters is 2. The first-order valence-electron chi connectivity index (χ1n) is 22.2. The van der Waals surface area contributed by atoms with Crippen molar-refractivity contribution in [3.05, 3.63) is 99.9 Å². The summed E-state index contributed by atoms with van der Waals surface area (Å²) in [6, 6.07) is 21.6. The maximum atomic E-state index is 14.5. The van der Waals surface area contributed by atoms with Gasteiger partial charge in [-0.3, -0.25) is 24.2 Å². The Labute approximate surface area is 391 Å². The highest BCUT2D eigenvalue weighted by Gasteiger charge is 2.37. The van der Waals surface area contributed by atoms with Crippen LogP contribution < -0.4 is 15.1 Å². The molecular formula is C47H62N8O12. The van der Waals surface area contributed by atoms with Gasteiger partial charge in [-0.2, -0.15) is 0 Å². The summed E-state index contributed by atoms with van der Waals surface area (Å²) in [5.41, 5.74) is 12.2. The molecule has 0 unspecified atom stereocenters. The van der Waals surface area contributed by atoms with Gasteiger partial charge in [-0.15, -0.1) is 0 Å². The van der Waals surface area contributed by atoms with Crippen LogP contribution in [0.25, 0.3) is 21.7 Å². The van der Waals surface area contributed by atoms with Gasteiger partial charge in [0.25, 0.3) is 5.91 Å². The van der Waals surface area contributed by atoms with E-state index >= 15 is 0 Å². The van der Waals surface area contributed by atoms with Gasteiger partial charge in [0.15, 0.2) is 6.73 Å². The Morgan fingerprint density at radius 2 is 1.33 bits per heavy atom. The monoisotopic (exact) mass is 930 g/mol. The van der Waals surface area contributed by atoms with Crippen molar-refractivity contribution >= 4 is 52.1 Å². The van der Waals surface area contributed by atoms with E-state index in [2.05, 4.69) is 32.2 Å². The number of piperazine rings is 1. The molecule has 20 heteroatoms. The van der Waals surface area contributed by atoms with Gasteiger partial charge in [-0.05, 0) is 54.5 Å². The van der Waals surface area contributed by atoms with Crippen molar-refractivity contribution in [2.75, 3.05) is 162 Å². The standard InChI is InChI=1S/C47H62N8O12/c1-52-17-19-54(20-18-52)34-42(56)53(2)39-12-10-38(11-13-39)50-45(36-7-5-4-6-8-36)44-40-14-9-37(47(59)60-3)33-41(40)55(46(44)58)35-67-43(57)15-21-61-23-25-63-27-29-65-31-32-66-30-28-64-26-24-62-22-16-49-51-48/h4-14,33,50H,15-32,34-35H2,1-3H3/b45-44-. The van der Waals surface area contributed by atoms with Crippen molar-refractivity contribution in [3.63, 3.8) is 0 Å². The molecule has 1 N–H and O–H groups in total. The largest absolute Gasteiger partial charge is 0.465 e. The van der Waals surface area contributed by atoms with Gasteiger partial charge in [-0.1, -0.05) is 41.5 Å². The van der Waals surface area contributed by atoms with Gasteiger partial charge in [0.2, 0.25) is 5.91 Å². The summed E-state index contributed by atoms with van der Waals surface area (Å²) >= 11 is 0. The zero-order valence-corrected chi connectivity index (χ0v) is 38.6. The zero-order valence-electron chi connectivity index (χ0n) is 38.6. The van der Waals surface area contributed by atoms with Gasteiger partial charge < -0.3 is 53.0 Å². The van der Waals surface area contributed by atoms with Crippen molar-refractivity contribution < 1.29 is 57.1 Å². The fraction of sp³-hybridized carbons (Fsp3) is 0.489. The van der Waals surface area contributed by atoms with Gasteiger partial charge in [0.1, 0.15) is 0 Å². The highest BCUT2D eigenvalue weighted by atomic mass is 16.6. The third-order valence-corrected chi connectivity index (χ3v) is 10.7. The lowest BCUT2D eigenvalue weighted by atomic mass is 9.99. The van der Waals surface area contributed by atoms with E-state index in [9.17, 15) is 19.2 Å². The van der Waals surface area contributed by atoms with E-state index < -0.39 is 24.6 Å². The lowest BCUT2D eigenvalue weighted by Crippen LogP contribution is -2.48. The second kappa shape index (κ2) is 29.0. The summed E-state index contributed by atoms with van der Waals surface area (Å²) in [5.74, 6) is -1.62. The fourth-order valence-electron chi connectivity index (χ4n) is 6.90. The number of carbonyl (C=O) groups is 4. The first kappa shape index (κ1) is 52.0. The van der Waals surface area contributed by atoms with E-state index in [1.807, 2.05) is 54.6 Å². The van der Waals surface area contributed by atoms with Crippen LogP contribution in [0.2, 0.25) is 0 Å². The third kappa shape index (κ3) is 17.0. The molecule has 0 atom stereocenters. The molecule has 362 valence electrons. The molecular weight excluding hydrogens is 869 g/mol. The number of azide groups is 1. The number of likely N-dealkylation sites (N-methyl/N-ethyl adjacent to an activating group) is 2. The summed E-state index contributed by atoms with van der Waals surface area (Å²) in [6.07, 6.45) is -0.0654. The summed E-state index contributed by atoms with van der Waals surface area (Å²) in [4.78, 5) is 63.2. The molecule has 2 aliphatic rings. The SMILES string of the molecule is COC(=O)c1ccc2c(c1)N(COC(=O)CCOCCOCCOCCOCCOCCOCCN=[N+]=[N-])C(=O)/C2=C(\Nc1ccc(N(C)C(=O)CN2CCN(C)CC2)cc1)c1ccccc1. The molecule has 2 heterocycles. The average molecular weight is 931 g/mol. The van der Waals surface area contributed by atoms with E-state index in [0.717, 1.165) is 31.9 Å². The molecule has 0 spiro atoms. The smallest absolute Gasteiger partial charge is 0.337 e. The predicted octanol–water partition coefficient (Wildman–Crippen LogP) is 4.31. The number of nitrogens with one attached hydrogen (secondary N) is 1. The molecule has 67 heavy (non-hydrogen) atoms. The van der Waals surface area contributed by atoms with Crippen LogP contribution in [-0.4, -0.2) is 180 Å². The second-order valence-corrected chi connectivity index (χ2v) is 15.3. The summed E-state index contributed by atoms with van der Waals surface area (Å²) in [6.45, 7) is 7.99. The Bertz CT molecular complexity index is 2110. The van der Waals surface area contributed by atoms with E-state index in [4.69, 9.17) is 43.4 Å². The van der Waals surface area contributed by atoms with Crippen molar-refractivity contribution in [2.24, 2.45) is 5.11 Å². The first-order valence-corrected chi connectivity index (χ1v) is 22.2. The lowest BCUT2D eigenvalue weighted by Gasteiger charge is -2.32. The topological polar surface area (TPSA) is 216 Å². The summed E-state index contributed by atoms with van der Waals surface area (Å²) in [7, 11) is 5.12. The maximum absolute atomic E-state index is 14.5. The Balaban J connectivity index is 1.09. The van der Waals surface area contributed by atoms with E-state index in [0.29, 0.717) is 113 Å². The molecule has 5 rings (SSSR count). The van der Waals surface area contributed by atoms with Crippen LogP contribution in [-0.2, 0) is 52.3 Å². The Kier molecular flexibility index (Phi) is 22.5. The molecule has 2 amide bonds. The Morgan fingerprint density at radius 1 is 0.746 bits per heavy atom. The Morgan fingerprint density at radius 3 is 1.91 bits per heavy atom. The summed E-state index contributed by atoms with van der Waals surface area (Å²) < 4.78 is 43.2. The van der Waals surface area contributed by atoms with Gasteiger partial charge >= 0.3 is 11.9 Å². The minimum atomic E-state index is -0.587. The molecule has 20 nitrogen and oxygen atoms in total. The van der Waals surface area contributed by atoms with Crippen LogP contribution in [0.1, 0.15) is 27.9 Å². The molecule has 0 radical (unpaired) electrons. The lowest BCUT2D eigenvalue weighted by molar-refractivity contribution is -0.145. The number of nitrogens with zero attached hydrogens (tertiary/aromatic N) is 7. The van der Waals surface area contributed by atoms with E-state index in [-0.39, 0.29) is 31.1 Å². The van der Waals surface area contributed by atoms with Crippen LogP contribution in [0.4, 0.5) is 17.1 Å². The van der Waals surface area contributed by atoms with E-state index in [1.54, 1.807) is 30.1 Å². The third-order valence-electron chi connectivity index (χ3n) is 10.7. The van der Waals surface area contributed by atoms with Crippen LogP contribution >= 0.6 is 0 Å². The number of benzene rings is 3. The highest BCUT2D eigenvalue weighted by molar-refractivity contribution is 6.38. The molecule has 1 fully saturated rings. The van der Waals surface area contributed by atoms with Crippen molar-refractivity contribution in [1.29, 1.82) is 0 Å². The number of methoxy groups -OCH3 is 1. The van der Waals surface area contributed by atoms with Gasteiger partial charge in [-0.25, -0.2) is 4.79 Å². The molecule has 3 aromatic carbocycles. The van der Waals surface area contributed by atoms with Gasteiger partial charge in [0.05, 0.1) is 122 Å². The van der Waals surface area contributed by atoms with Gasteiger partial charge in [0, 0.05) is 61.6 Å². The number of rotatable bonds is 30. The number of ether oxygens (including phenoxy) is 8. The molecule has 2 aliphatic heterocycles. The quantitative estimate of drug-likeness (QED) is 0.0246.